The molecule has 1 N–H and O–H groups in total. The highest BCUT2D eigenvalue weighted by Gasteiger charge is 2.38. The van der Waals surface area contributed by atoms with Crippen molar-refractivity contribution in [3.05, 3.63) is 101 Å². The molecule has 4 rings (SSSR count). The van der Waals surface area contributed by atoms with Gasteiger partial charge in [0.25, 0.3) is 11.8 Å². The van der Waals surface area contributed by atoms with Gasteiger partial charge in [0.05, 0.1) is 11.7 Å². The molecule has 1 saturated heterocycles. The van der Waals surface area contributed by atoms with E-state index < -0.39 is 29.6 Å². The number of imide groups is 2. The van der Waals surface area contributed by atoms with E-state index in [4.69, 9.17) is 4.74 Å². The predicted octanol–water partition coefficient (Wildman–Crippen LogP) is 2.43. The summed E-state index contributed by atoms with van der Waals surface area (Å²) in [6, 6.07) is 16.7. The van der Waals surface area contributed by atoms with Gasteiger partial charge in [-0.05, 0) is 35.4 Å². The Morgan fingerprint density at radius 1 is 0.971 bits per heavy atom. The van der Waals surface area contributed by atoms with Gasteiger partial charge in [0, 0.05) is 5.56 Å². The molecule has 0 saturated carbocycles. The van der Waals surface area contributed by atoms with Crippen LogP contribution in [0.3, 0.4) is 0 Å². The number of para-hydroxylation sites is 2. The van der Waals surface area contributed by atoms with Gasteiger partial charge in [-0.1, -0.05) is 54.6 Å². The number of halogens is 1. The molecular formula is C25H16FN2O6-. The van der Waals surface area contributed by atoms with Crippen LogP contribution in [0, 0.1) is 5.82 Å². The highest BCUT2D eigenvalue weighted by molar-refractivity contribution is 6.39. The predicted molar refractivity (Wildman–Crippen MR) is 117 cm³/mol. The van der Waals surface area contributed by atoms with Crippen LogP contribution in [-0.2, 0) is 16.2 Å². The minimum absolute atomic E-state index is 0.0321. The van der Waals surface area contributed by atoms with Crippen LogP contribution in [0.5, 0.6) is 5.75 Å². The molecule has 3 aromatic carbocycles. The summed E-state index contributed by atoms with van der Waals surface area (Å²) in [6.07, 6.45) is 1.26. The number of anilines is 1. The minimum atomic E-state index is -1.29. The largest absolute Gasteiger partial charge is 0.545 e. The van der Waals surface area contributed by atoms with Crippen LogP contribution < -0.4 is 20.1 Å². The number of nitrogens with one attached hydrogen (secondary N) is 1. The fourth-order valence-corrected chi connectivity index (χ4v) is 3.29. The van der Waals surface area contributed by atoms with Gasteiger partial charge in [-0.25, -0.2) is 14.1 Å². The summed E-state index contributed by atoms with van der Waals surface area (Å²) in [4.78, 5) is 49.1. The maximum atomic E-state index is 14.2. The fraction of sp³-hybridized carbons (Fsp3) is 0.0400. The van der Waals surface area contributed by atoms with E-state index in [1.165, 1.54) is 36.4 Å². The van der Waals surface area contributed by atoms with Crippen molar-refractivity contribution in [2.45, 2.75) is 6.61 Å². The molecule has 1 aliphatic rings. The normalized spacial score (nSPS) is 14.8. The molecule has 0 radical (unpaired) electrons. The van der Waals surface area contributed by atoms with Crippen molar-refractivity contribution >= 4 is 35.6 Å². The number of nitrogens with zero attached hydrogens (tertiary/aromatic N) is 1. The van der Waals surface area contributed by atoms with Gasteiger partial charge in [-0.3, -0.25) is 14.9 Å². The van der Waals surface area contributed by atoms with E-state index in [1.807, 2.05) is 5.32 Å². The van der Waals surface area contributed by atoms with Crippen molar-refractivity contribution in [2.75, 3.05) is 4.90 Å². The molecule has 0 unspecified atom stereocenters. The monoisotopic (exact) mass is 459 g/mol. The van der Waals surface area contributed by atoms with E-state index in [2.05, 4.69) is 0 Å². The zero-order valence-electron chi connectivity index (χ0n) is 17.5. The molecule has 0 spiro atoms. The van der Waals surface area contributed by atoms with Crippen molar-refractivity contribution in [1.29, 1.82) is 0 Å². The summed E-state index contributed by atoms with van der Waals surface area (Å²) in [6.45, 7) is 0.0769. The molecule has 1 aliphatic heterocycles. The number of amides is 4. The smallest absolute Gasteiger partial charge is 0.336 e. The quantitative estimate of drug-likeness (QED) is 0.447. The van der Waals surface area contributed by atoms with Crippen LogP contribution in [0.2, 0.25) is 0 Å². The Morgan fingerprint density at radius 3 is 2.35 bits per heavy atom. The average Bonchev–Trinajstić information content (AvgIpc) is 2.82. The average molecular weight is 459 g/mol. The molecule has 0 aromatic heterocycles. The fourth-order valence-electron chi connectivity index (χ4n) is 3.29. The third kappa shape index (κ3) is 4.53. The summed E-state index contributed by atoms with van der Waals surface area (Å²) in [5.41, 5.74) is 0.417. The maximum absolute atomic E-state index is 14.2. The van der Waals surface area contributed by atoms with Crippen molar-refractivity contribution in [2.24, 2.45) is 0 Å². The molecule has 4 amide bonds. The molecule has 8 nitrogen and oxygen atoms in total. The van der Waals surface area contributed by atoms with E-state index in [9.17, 15) is 28.7 Å². The van der Waals surface area contributed by atoms with Gasteiger partial charge in [0.15, 0.2) is 0 Å². The van der Waals surface area contributed by atoms with Crippen molar-refractivity contribution in [3.8, 4) is 5.75 Å². The van der Waals surface area contributed by atoms with E-state index in [-0.39, 0.29) is 23.4 Å². The van der Waals surface area contributed by atoms with Gasteiger partial charge in [-0.2, -0.15) is 0 Å². The molecule has 0 bridgehead atoms. The number of hydrogen-bond donors (Lipinski definition) is 1. The Labute approximate surface area is 192 Å². The molecular weight excluding hydrogens is 443 g/mol. The first kappa shape index (κ1) is 22.4. The lowest BCUT2D eigenvalue weighted by Gasteiger charge is -2.26. The number of rotatable bonds is 6. The first-order valence-electron chi connectivity index (χ1n) is 10.0. The van der Waals surface area contributed by atoms with E-state index >= 15 is 0 Å². The Kier molecular flexibility index (Phi) is 6.18. The Bertz CT molecular complexity index is 1330. The molecule has 1 fully saturated rings. The van der Waals surface area contributed by atoms with Gasteiger partial charge in [0.2, 0.25) is 0 Å². The van der Waals surface area contributed by atoms with Crippen molar-refractivity contribution in [1.82, 2.24) is 5.32 Å². The van der Waals surface area contributed by atoms with Crippen molar-refractivity contribution in [3.63, 3.8) is 0 Å². The van der Waals surface area contributed by atoms with Gasteiger partial charge < -0.3 is 14.6 Å². The number of carboxylic acids is 1. The van der Waals surface area contributed by atoms with Crippen LogP contribution in [0.4, 0.5) is 14.9 Å². The van der Waals surface area contributed by atoms with Crippen LogP contribution in [0.1, 0.15) is 21.5 Å². The topological polar surface area (TPSA) is 116 Å². The van der Waals surface area contributed by atoms with E-state index in [0.29, 0.717) is 21.8 Å². The molecule has 170 valence electrons. The molecule has 0 atom stereocenters. The summed E-state index contributed by atoms with van der Waals surface area (Å²) in [5.74, 6) is -3.66. The lowest BCUT2D eigenvalue weighted by Crippen LogP contribution is -2.54. The van der Waals surface area contributed by atoms with Gasteiger partial charge in [-0.15, -0.1) is 0 Å². The standard InChI is InChI=1S/C25H17FN2O6/c26-19-6-2-3-7-20(19)28-23(30)18(22(29)27-25(28)33)13-17-5-1-4-8-21(17)34-14-15-9-11-16(12-10-15)24(31)32/h1-13H,14H2,(H,31,32)(H,27,29,33)/p-1/b18-13-. The van der Waals surface area contributed by atoms with E-state index in [0.717, 1.165) is 6.07 Å². The number of hydrogen-bond acceptors (Lipinski definition) is 6. The van der Waals surface area contributed by atoms with Crippen LogP contribution in [0.25, 0.3) is 6.08 Å². The van der Waals surface area contributed by atoms with Gasteiger partial charge >= 0.3 is 6.03 Å². The molecule has 34 heavy (non-hydrogen) atoms. The number of urea groups is 1. The second-order valence-electron chi connectivity index (χ2n) is 7.22. The van der Waals surface area contributed by atoms with Gasteiger partial charge in [0.1, 0.15) is 23.7 Å². The van der Waals surface area contributed by atoms with Crippen LogP contribution in [-0.4, -0.2) is 23.8 Å². The summed E-state index contributed by atoms with van der Waals surface area (Å²) in [5, 5.41) is 12.9. The lowest BCUT2D eigenvalue weighted by atomic mass is 10.1. The number of aromatic carboxylic acids is 1. The Hall–Kier alpha value is -4.79. The van der Waals surface area contributed by atoms with Crippen LogP contribution in [0.15, 0.2) is 78.4 Å². The maximum Gasteiger partial charge on any atom is 0.336 e. The number of carbonyl (C=O) groups excluding carboxylic acids is 4. The second-order valence-corrected chi connectivity index (χ2v) is 7.22. The number of carboxylic acid groups (broad SMARTS) is 1. The number of benzene rings is 3. The Morgan fingerprint density at radius 2 is 1.65 bits per heavy atom. The molecule has 1 heterocycles. The van der Waals surface area contributed by atoms with Crippen LogP contribution >= 0.6 is 0 Å². The highest BCUT2D eigenvalue weighted by atomic mass is 19.1. The molecule has 3 aromatic rings. The summed E-state index contributed by atoms with van der Waals surface area (Å²) in [7, 11) is 0. The second kappa shape index (κ2) is 9.37. The summed E-state index contributed by atoms with van der Waals surface area (Å²) < 4.78 is 20.0. The third-order valence-corrected chi connectivity index (χ3v) is 5.00. The van der Waals surface area contributed by atoms with Crippen molar-refractivity contribution < 1.29 is 33.4 Å². The number of ether oxygens (including phenoxy) is 1. The minimum Gasteiger partial charge on any atom is -0.545 e. The van der Waals surface area contributed by atoms with E-state index in [1.54, 1.807) is 36.4 Å². The number of carbonyl (C=O) groups is 4. The Balaban J connectivity index is 1.61. The summed E-state index contributed by atoms with van der Waals surface area (Å²) >= 11 is 0. The zero-order chi connectivity index (χ0) is 24.2. The number of barbiturate groups is 1. The molecule has 9 heteroatoms. The SMILES string of the molecule is O=C1NC(=O)N(c2ccccc2F)C(=O)/C1=C\c1ccccc1OCc1ccc(C(=O)[O-])cc1. The zero-order valence-corrected chi connectivity index (χ0v) is 17.5. The first-order chi connectivity index (χ1) is 16.3. The third-order valence-electron chi connectivity index (χ3n) is 5.00. The highest BCUT2D eigenvalue weighted by Crippen LogP contribution is 2.27. The molecule has 0 aliphatic carbocycles. The lowest BCUT2D eigenvalue weighted by molar-refractivity contribution is -0.255. The first-order valence-corrected chi connectivity index (χ1v) is 10.0.